The van der Waals surface area contributed by atoms with Crippen molar-refractivity contribution >= 4 is 23.6 Å². The zero-order valence-electron chi connectivity index (χ0n) is 20.5. The van der Waals surface area contributed by atoms with Gasteiger partial charge in [-0.15, -0.1) is 0 Å². The van der Waals surface area contributed by atoms with Crippen LogP contribution in [0, 0.1) is 25.2 Å². The van der Waals surface area contributed by atoms with Crippen LogP contribution in [0.4, 0.5) is 5.69 Å². The fraction of sp³-hybridized carbons (Fsp3) is 0.222. The number of rotatable bonds is 8. The summed E-state index contributed by atoms with van der Waals surface area (Å²) in [7, 11) is 4.93. The van der Waals surface area contributed by atoms with Gasteiger partial charge in [-0.1, -0.05) is 0 Å². The number of nitrogens with zero attached hydrogens (tertiary/aromatic N) is 3. The second-order valence-electron chi connectivity index (χ2n) is 8.09. The van der Waals surface area contributed by atoms with Crippen LogP contribution < -0.4 is 14.8 Å². The summed E-state index contributed by atoms with van der Waals surface area (Å²) in [5.74, 6) is 0.595. The highest BCUT2D eigenvalue weighted by molar-refractivity contribution is 6.09. The first-order valence-corrected chi connectivity index (χ1v) is 10.9. The van der Waals surface area contributed by atoms with E-state index in [0.29, 0.717) is 11.4 Å². The molecule has 1 N–H and O–H groups in total. The number of methoxy groups -OCH3 is 1. The van der Waals surface area contributed by atoms with Crippen LogP contribution in [0.25, 0.3) is 11.8 Å². The molecule has 0 spiro atoms. The van der Waals surface area contributed by atoms with E-state index in [-0.39, 0.29) is 18.1 Å². The molecule has 3 rings (SSSR count). The summed E-state index contributed by atoms with van der Waals surface area (Å²) in [6.07, 6.45) is 1.59. The Balaban J connectivity index is 1.74. The first kappa shape index (κ1) is 25.1. The molecule has 3 aromatic rings. The van der Waals surface area contributed by atoms with Crippen LogP contribution in [0.2, 0.25) is 0 Å². The minimum absolute atomic E-state index is 0.0168. The normalized spacial score (nSPS) is 10.9. The number of carbonyl (C=O) groups excluding carboxylic acids is 2. The monoisotopic (exact) mass is 472 g/mol. The third-order valence-electron chi connectivity index (χ3n) is 5.44. The van der Waals surface area contributed by atoms with Crippen molar-refractivity contribution in [2.75, 3.05) is 33.1 Å². The molecule has 0 aliphatic heterocycles. The topological polar surface area (TPSA) is 96.6 Å². The average Bonchev–Trinajstić information content (AvgIpc) is 3.14. The summed E-state index contributed by atoms with van der Waals surface area (Å²) in [4.78, 5) is 25.8. The zero-order chi connectivity index (χ0) is 25.5. The molecule has 2 aromatic carbocycles. The number of carbonyl (C=O) groups is 2. The molecule has 0 saturated heterocycles. The Morgan fingerprint density at radius 3 is 2.26 bits per heavy atom. The predicted molar refractivity (Wildman–Crippen MR) is 135 cm³/mol. The van der Waals surface area contributed by atoms with Crippen LogP contribution >= 0.6 is 0 Å². The minimum atomic E-state index is -0.516. The van der Waals surface area contributed by atoms with Crippen molar-refractivity contribution in [2.45, 2.75) is 13.8 Å². The molecule has 0 atom stereocenters. The molecule has 8 heteroatoms. The SMILES string of the molecule is COc1ccc(-n2c(C)cc(/C=C(\C#N)C(=O)Nc3ccc(OCC(=O)N(C)C)cc3)c2C)cc1. The summed E-state index contributed by atoms with van der Waals surface area (Å²) in [5.41, 5.74) is 4.10. The Hall–Kier alpha value is -4.51. The molecule has 0 unspecified atom stereocenters. The van der Waals surface area contributed by atoms with Crippen molar-refractivity contribution in [1.82, 2.24) is 9.47 Å². The van der Waals surface area contributed by atoms with Crippen molar-refractivity contribution in [3.63, 3.8) is 0 Å². The number of nitrogens with one attached hydrogen (secondary N) is 1. The number of nitriles is 1. The molecule has 8 nitrogen and oxygen atoms in total. The number of aryl methyl sites for hydroxylation is 1. The lowest BCUT2D eigenvalue weighted by Gasteiger charge is -2.11. The molecule has 180 valence electrons. The Morgan fingerprint density at radius 1 is 1.06 bits per heavy atom. The van der Waals surface area contributed by atoms with Gasteiger partial charge in [-0.3, -0.25) is 9.59 Å². The molecule has 0 radical (unpaired) electrons. The number of ether oxygens (including phenoxy) is 2. The van der Waals surface area contributed by atoms with E-state index in [1.54, 1.807) is 51.5 Å². The maximum Gasteiger partial charge on any atom is 0.266 e. The first-order valence-electron chi connectivity index (χ1n) is 10.9. The number of benzene rings is 2. The van der Waals surface area contributed by atoms with Crippen LogP contribution in [0.3, 0.4) is 0 Å². The van der Waals surface area contributed by atoms with E-state index in [2.05, 4.69) is 9.88 Å². The molecular weight excluding hydrogens is 444 g/mol. The quantitative estimate of drug-likeness (QED) is 0.393. The van der Waals surface area contributed by atoms with Gasteiger partial charge in [-0.05, 0) is 80.1 Å². The lowest BCUT2D eigenvalue weighted by Crippen LogP contribution is -2.27. The second-order valence-corrected chi connectivity index (χ2v) is 8.09. The van der Waals surface area contributed by atoms with Gasteiger partial charge in [-0.2, -0.15) is 5.26 Å². The van der Waals surface area contributed by atoms with Crippen LogP contribution in [-0.4, -0.2) is 49.1 Å². The highest BCUT2D eigenvalue weighted by Gasteiger charge is 2.14. The van der Waals surface area contributed by atoms with Gasteiger partial charge in [0.25, 0.3) is 11.8 Å². The number of likely N-dealkylation sites (N-methyl/N-ethyl adjacent to an activating group) is 1. The van der Waals surface area contributed by atoms with Crippen molar-refractivity contribution in [1.29, 1.82) is 5.26 Å². The van der Waals surface area contributed by atoms with E-state index in [4.69, 9.17) is 9.47 Å². The van der Waals surface area contributed by atoms with E-state index in [0.717, 1.165) is 28.4 Å². The molecule has 0 aliphatic rings. The smallest absolute Gasteiger partial charge is 0.266 e. The van der Waals surface area contributed by atoms with Crippen molar-refractivity contribution in [3.05, 3.63) is 77.1 Å². The lowest BCUT2D eigenvalue weighted by atomic mass is 10.1. The average molecular weight is 473 g/mol. The highest BCUT2D eigenvalue weighted by atomic mass is 16.5. The summed E-state index contributed by atoms with van der Waals surface area (Å²) >= 11 is 0. The Morgan fingerprint density at radius 2 is 1.69 bits per heavy atom. The van der Waals surface area contributed by atoms with Gasteiger partial charge in [0.1, 0.15) is 23.1 Å². The maximum atomic E-state index is 12.8. The maximum absolute atomic E-state index is 12.8. The van der Waals surface area contributed by atoms with Crippen LogP contribution in [-0.2, 0) is 9.59 Å². The Bertz CT molecular complexity index is 1280. The fourth-order valence-corrected chi connectivity index (χ4v) is 3.47. The molecule has 0 saturated carbocycles. The van der Waals surface area contributed by atoms with Crippen LogP contribution in [0.5, 0.6) is 11.5 Å². The van der Waals surface area contributed by atoms with Gasteiger partial charge in [0.05, 0.1) is 7.11 Å². The number of hydrogen-bond donors (Lipinski definition) is 1. The molecular formula is C27H28N4O4. The van der Waals surface area contributed by atoms with E-state index in [1.807, 2.05) is 50.2 Å². The highest BCUT2D eigenvalue weighted by Crippen LogP contribution is 2.25. The van der Waals surface area contributed by atoms with Crippen LogP contribution in [0.15, 0.2) is 60.2 Å². The lowest BCUT2D eigenvalue weighted by molar-refractivity contribution is -0.130. The first-order chi connectivity index (χ1) is 16.7. The zero-order valence-corrected chi connectivity index (χ0v) is 20.5. The van der Waals surface area contributed by atoms with Crippen molar-refractivity contribution in [3.8, 4) is 23.3 Å². The fourth-order valence-electron chi connectivity index (χ4n) is 3.47. The van der Waals surface area contributed by atoms with Gasteiger partial charge >= 0.3 is 0 Å². The van der Waals surface area contributed by atoms with E-state index >= 15 is 0 Å². The third kappa shape index (κ3) is 6.09. The van der Waals surface area contributed by atoms with Crippen LogP contribution in [0.1, 0.15) is 17.0 Å². The van der Waals surface area contributed by atoms with Gasteiger partial charge in [-0.25, -0.2) is 0 Å². The van der Waals surface area contributed by atoms with E-state index in [1.165, 1.54) is 4.90 Å². The van der Waals surface area contributed by atoms with Gasteiger partial charge < -0.3 is 24.3 Å². The number of anilines is 1. The van der Waals surface area contributed by atoms with Gasteiger partial charge in [0.15, 0.2) is 6.61 Å². The standard InChI is InChI=1S/C27H28N4O4/c1-18-14-20(19(2)31(18)23-8-12-24(34-5)13-9-23)15-21(16-28)27(33)29-22-6-10-25(11-7-22)35-17-26(32)30(3)4/h6-15H,17H2,1-5H3,(H,29,33)/b21-15+. The largest absolute Gasteiger partial charge is 0.497 e. The molecule has 0 bridgehead atoms. The molecule has 0 fully saturated rings. The predicted octanol–water partition coefficient (Wildman–Crippen LogP) is 4.12. The van der Waals surface area contributed by atoms with Crippen molar-refractivity contribution in [2.24, 2.45) is 0 Å². The van der Waals surface area contributed by atoms with E-state index in [9.17, 15) is 14.9 Å². The Kier molecular flexibility index (Phi) is 7.95. The van der Waals surface area contributed by atoms with Gasteiger partial charge in [0, 0.05) is 36.9 Å². The van der Waals surface area contributed by atoms with E-state index < -0.39 is 5.91 Å². The summed E-state index contributed by atoms with van der Waals surface area (Å²) in [6.45, 7) is 3.83. The molecule has 1 heterocycles. The molecule has 35 heavy (non-hydrogen) atoms. The van der Waals surface area contributed by atoms with Gasteiger partial charge in [0.2, 0.25) is 0 Å². The molecule has 1 aromatic heterocycles. The second kappa shape index (κ2) is 11.1. The Labute approximate surface area is 205 Å². The number of aromatic nitrogens is 1. The summed E-state index contributed by atoms with van der Waals surface area (Å²) < 4.78 is 12.7. The minimum Gasteiger partial charge on any atom is -0.497 e. The van der Waals surface area contributed by atoms with Crippen molar-refractivity contribution < 1.29 is 19.1 Å². The number of hydrogen-bond acceptors (Lipinski definition) is 5. The summed E-state index contributed by atoms with van der Waals surface area (Å²) in [6, 6.07) is 18.2. The summed E-state index contributed by atoms with van der Waals surface area (Å²) in [5, 5.41) is 12.4. The molecule has 2 amide bonds. The third-order valence-corrected chi connectivity index (χ3v) is 5.44. The number of amides is 2. The molecule has 0 aliphatic carbocycles.